The Morgan fingerprint density at radius 1 is 1.08 bits per heavy atom. The summed E-state index contributed by atoms with van der Waals surface area (Å²) in [6.07, 6.45) is 1.07. The Labute approximate surface area is 225 Å². The molecule has 0 saturated heterocycles. The molecule has 2 aromatic carbocycles. The number of carbonyl (C=O) groups is 3. The van der Waals surface area contributed by atoms with Crippen LogP contribution in [0, 0.1) is 16.7 Å². The number of thioether (sulfide) groups is 1. The molecule has 2 amide bonds. The summed E-state index contributed by atoms with van der Waals surface area (Å²) < 4.78 is 0. The molecule has 0 fully saturated rings. The predicted molar refractivity (Wildman–Crippen MR) is 147 cm³/mol. The molecule has 1 aliphatic carbocycles. The summed E-state index contributed by atoms with van der Waals surface area (Å²) in [5, 5.41) is 20.2. The Balaban J connectivity index is 1.57. The maximum Gasteiger partial charge on any atom is 0.234 e. The van der Waals surface area contributed by atoms with Crippen molar-refractivity contribution in [2.45, 2.75) is 39.5 Å². The average molecular weight is 535 g/mol. The van der Waals surface area contributed by atoms with Gasteiger partial charge < -0.3 is 16.0 Å². The van der Waals surface area contributed by atoms with Crippen LogP contribution >= 0.6 is 23.4 Å². The zero-order valence-corrected chi connectivity index (χ0v) is 22.3. The van der Waals surface area contributed by atoms with E-state index in [1.54, 1.807) is 36.4 Å². The number of hydrogen-bond donors (Lipinski definition) is 3. The van der Waals surface area contributed by atoms with Gasteiger partial charge in [-0.05, 0) is 53.8 Å². The number of Topliss-reactive ketones (excluding diaryl/α,β-unsaturated/α-hetero) is 1. The number of carbonyl (C=O) groups excluding carboxylic acids is 3. The molecule has 3 N–H and O–H groups in total. The van der Waals surface area contributed by atoms with Crippen LogP contribution in [-0.4, -0.2) is 23.4 Å². The standard InChI is InChI=1S/C28H27ClN4O3S/c1-16(34)31-19-8-10-20(11-9-19)32-24(36)15-37-27-21(14-30)25(17-4-6-18(29)7-5-17)26-22(33-27)12-28(2,3)13-23(26)35/h4-11,25,33H,12-13,15H2,1-3H3,(H,31,34)(H,32,36)/t25-/m0/s1. The number of nitrogens with zero attached hydrogens (tertiary/aromatic N) is 1. The first-order valence-corrected chi connectivity index (χ1v) is 13.2. The fourth-order valence-electron chi connectivity index (χ4n) is 4.65. The van der Waals surface area contributed by atoms with Crippen molar-refractivity contribution in [3.63, 3.8) is 0 Å². The van der Waals surface area contributed by atoms with E-state index in [9.17, 15) is 19.6 Å². The molecule has 0 unspecified atom stereocenters. The van der Waals surface area contributed by atoms with E-state index in [0.717, 1.165) is 11.3 Å². The molecule has 1 heterocycles. The van der Waals surface area contributed by atoms with Gasteiger partial charge in [0, 0.05) is 41.0 Å². The molecule has 1 atom stereocenters. The fraction of sp³-hybridized carbons (Fsp3) is 0.286. The Kier molecular flexibility index (Phi) is 7.76. The van der Waals surface area contributed by atoms with E-state index in [4.69, 9.17) is 11.6 Å². The van der Waals surface area contributed by atoms with Crippen LogP contribution in [-0.2, 0) is 14.4 Å². The highest BCUT2D eigenvalue weighted by Crippen LogP contribution is 2.47. The first kappa shape index (κ1) is 26.5. The fourth-order valence-corrected chi connectivity index (χ4v) is 5.64. The minimum atomic E-state index is -0.519. The number of rotatable bonds is 6. The average Bonchev–Trinajstić information content (AvgIpc) is 2.82. The van der Waals surface area contributed by atoms with Gasteiger partial charge in [0.1, 0.15) is 0 Å². The van der Waals surface area contributed by atoms with E-state index in [0.29, 0.717) is 45.4 Å². The number of halogens is 1. The van der Waals surface area contributed by atoms with E-state index < -0.39 is 5.92 Å². The summed E-state index contributed by atoms with van der Waals surface area (Å²) in [4.78, 5) is 37.2. The SMILES string of the molecule is CC(=O)Nc1ccc(NC(=O)CSC2=C(C#N)[C@H](c3ccc(Cl)cc3)C3=C(CC(C)(C)CC3=O)N2)cc1. The molecule has 1 aliphatic heterocycles. The van der Waals surface area contributed by atoms with Crippen molar-refractivity contribution in [2.75, 3.05) is 16.4 Å². The molecule has 0 aromatic heterocycles. The smallest absolute Gasteiger partial charge is 0.234 e. The number of allylic oxidation sites excluding steroid dienone is 3. The lowest BCUT2D eigenvalue weighted by molar-refractivity contribution is -0.118. The van der Waals surface area contributed by atoms with Gasteiger partial charge in [0.05, 0.1) is 28.3 Å². The highest BCUT2D eigenvalue weighted by Gasteiger charge is 2.41. The van der Waals surface area contributed by atoms with Gasteiger partial charge in [0.15, 0.2) is 5.78 Å². The lowest BCUT2D eigenvalue weighted by Gasteiger charge is -2.39. The number of ketones is 1. The van der Waals surface area contributed by atoms with Crippen molar-refractivity contribution in [1.82, 2.24) is 5.32 Å². The van der Waals surface area contributed by atoms with Crippen LogP contribution < -0.4 is 16.0 Å². The van der Waals surface area contributed by atoms with Crippen LogP contribution in [0.25, 0.3) is 0 Å². The zero-order chi connectivity index (χ0) is 26.7. The van der Waals surface area contributed by atoms with Gasteiger partial charge in [-0.3, -0.25) is 14.4 Å². The number of dihydropyridines is 1. The van der Waals surface area contributed by atoms with Crippen molar-refractivity contribution in [1.29, 1.82) is 5.26 Å². The largest absolute Gasteiger partial charge is 0.352 e. The maximum atomic E-state index is 13.3. The molecule has 0 saturated carbocycles. The van der Waals surface area contributed by atoms with E-state index >= 15 is 0 Å². The van der Waals surface area contributed by atoms with Gasteiger partial charge in [-0.1, -0.05) is 49.3 Å². The molecule has 37 heavy (non-hydrogen) atoms. The number of nitrogens with one attached hydrogen (secondary N) is 3. The minimum absolute atomic E-state index is 0.0240. The van der Waals surface area contributed by atoms with Gasteiger partial charge >= 0.3 is 0 Å². The Hall–Kier alpha value is -3.54. The number of anilines is 2. The molecule has 2 aromatic rings. The first-order chi connectivity index (χ1) is 17.6. The van der Waals surface area contributed by atoms with Crippen LogP contribution in [0.1, 0.15) is 45.1 Å². The lowest BCUT2D eigenvalue weighted by atomic mass is 9.69. The summed E-state index contributed by atoms with van der Waals surface area (Å²) in [6, 6.07) is 16.3. The minimum Gasteiger partial charge on any atom is -0.352 e. The molecule has 2 aliphatic rings. The maximum absolute atomic E-state index is 13.3. The highest BCUT2D eigenvalue weighted by atomic mass is 35.5. The molecular formula is C28H27ClN4O3S. The third-order valence-electron chi connectivity index (χ3n) is 6.17. The Bertz CT molecular complexity index is 1360. The third kappa shape index (κ3) is 6.24. The van der Waals surface area contributed by atoms with Crippen molar-refractivity contribution >= 4 is 52.3 Å². The second-order valence-corrected chi connectivity index (χ2v) is 11.3. The summed E-state index contributed by atoms with van der Waals surface area (Å²) >= 11 is 7.33. The lowest BCUT2D eigenvalue weighted by Crippen LogP contribution is -2.37. The molecule has 0 radical (unpaired) electrons. The van der Waals surface area contributed by atoms with Gasteiger partial charge in [-0.2, -0.15) is 5.26 Å². The second kappa shape index (κ2) is 10.8. The monoisotopic (exact) mass is 534 g/mol. The number of benzene rings is 2. The molecular weight excluding hydrogens is 508 g/mol. The van der Waals surface area contributed by atoms with Gasteiger partial charge in [0.25, 0.3) is 0 Å². The summed E-state index contributed by atoms with van der Waals surface area (Å²) in [5.41, 5.74) is 3.65. The molecule has 4 rings (SSSR count). The summed E-state index contributed by atoms with van der Waals surface area (Å²) in [5.74, 6) is -0.849. The zero-order valence-electron chi connectivity index (χ0n) is 20.8. The van der Waals surface area contributed by atoms with Crippen LogP contribution in [0.15, 0.2) is 70.4 Å². The van der Waals surface area contributed by atoms with Gasteiger partial charge in [-0.25, -0.2) is 0 Å². The number of amides is 2. The predicted octanol–water partition coefficient (Wildman–Crippen LogP) is 5.74. The molecule has 7 nitrogen and oxygen atoms in total. The summed E-state index contributed by atoms with van der Waals surface area (Å²) in [7, 11) is 0. The highest BCUT2D eigenvalue weighted by molar-refractivity contribution is 8.03. The van der Waals surface area contributed by atoms with Gasteiger partial charge in [0.2, 0.25) is 11.8 Å². The normalized spacial score (nSPS) is 18.5. The Morgan fingerprint density at radius 2 is 1.70 bits per heavy atom. The molecule has 190 valence electrons. The molecule has 9 heteroatoms. The van der Waals surface area contributed by atoms with E-state index in [1.165, 1.54) is 18.7 Å². The van der Waals surface area contributed by atoms with Crippen molar-refractivity contribution in [3.8, 4) is 6.07 Å². The second-order valence-electron chi connectivity index (χ2n) is 9.89. The van der Waals surface area contributed by atoms with Crippen molar-refractivity contribution < 1.29 is 14.4 Å². The van der Waals surface area contributed by atoms with E-state index in [-0.39, 0.29) is 28.8 Å². The molecule has 0 spiro atoms. The quantitative estimate of drug-likeness (QED) is 0.436. The van der Waals surface area contributed by atoms with Gasteiger partial charge in [-0.15, -0.1) is 0 Å². The van der Waals surface area contributed by atoms with Crippen molar-refractivity contribution in [3.05, 3.63) is 81.0 Å². The van der Waals surface area contributed by atoms with Crippen LogP contribution in [0.4, 0.5) is 11.4 Å². The van der Waals surface area contributed by atoms with E-state index in [2.05, 4.69) is 35.9 Å². The molecule has 0 bridgehead atoms. The van der Waals surface area contributed by atoms with Crippen LogP contribution in [0.5, 0.6) is 0 Å². The topological polar surface area (TPSA) is 111 Å². The Morgan fingerprint density at radius 3 is 2.30 bits per heavy atom. The van der Waals surface area contributed by atoms with Crippen LogP contribution in [0.2, 0.25) is 5.02 Å². The number of hydrogen-bond acceptors (Lipinski definition) is 6. The first-order valence-electron chi connectivity index (χ1n) is 11.8. The van der Waals surface area contributed by atoms with Crippen molar-refractivity contribution in [2.24, 2.45) is 5.41 Å². The van der Waals surface area contributed by atoms with Crippen LogP contribution in [0.3, 0.4) is 0 Å². The summed E-state index contributed by atoms with van der Waals surface area (Å²) in [6.45, 7) is 5.53. The van der Waals surface area contributed by atoms with E-state index in [1.807, 2.05) is 12.1 Å². The third-order valence-corrected chi connectivity index (χ3v) is 7.44. The number of nitriles is 1.